The molecule has 2 nitrogen and oxygen atoms in total. The van der Waals surface area contributed by atoms with Crippen LogP contribution in [-0.4, -0.2) is 0 Å². The molecule has 56 heavy (non-hydrogen) atoms. The first-order valence-electron chi connectivity index (χ1n) is 19.1. The highest BCUT2D eigenvalue weighted by Gasteiger charge is 2.17. The molecule has 0 bridgehead atoms. The van der Waals surface area contributed by atoms with E-state index < -0.39 is 0 Å². The molecule has 0 saturated heterocycles. The highest BCUT2D eigenvalue weighted by molar-refractivity contribution is 6.05. The molecule has 2 heteroatoms. The standard InChI is InChI=1S/C54H40N2/c1-5-17-45(18-6-1)55(46-19-7-2-8-20-46)53-39-37-43(49-25-13-15-27-51(49)53)35-33-41-29-31-42(32-30-41)34-36-44-38-40-54(52-28-16-14-26-50(44)52)56(47-21-9-3-10-22-47)48-23-11-4-12-24-48/h1-40H. The Balaban J connectivity index is 0.985. The Bertz CT molecular complexity index is 2500. The van der Waals surface area contributed by atoms with Crippen molar-refractivity contribution in [3.8, 4) is 0 Å². The van der Waals surface area contributed by atoms with Crippen LogP contribution < -0.4 is 9.80 Å². The molecule has 0 spiro atoms. The van der Waals surface area contributed by atoms with Crippen LogP contribution in [0.15, 0.2) is 218 Å². The lowest BCUT2D eigenvalue weighted by Gasteiger charge is -2.27. The van der Waals surface area contributed by atoms with Crippen molar-refractivity contribution < 1.29 is 0 Å². The number of hydrogen-bond donors (Lipinski definition) is 0. The zero-order valence-corrected chi connectivity index (χ0v) is 31.0. The van der Waals surface area contributed by atoms with E-state index in [-0.39, 0.29) is 0 Å². The molecule has 266 valence electrons. The molecule has 0 radical (unpaired) electrons. The van der Waals surface area contributed by atoms with Gasteiger partial charge in [0, 0.05) is 33.5 Å². The van der Waals surface area contributed by atoms with Crippen molar-refractivity contribution in [2.45, 2.75) is 0 Å². The molecule has 9 rings (SSSR count). The zero-order chi connectivity index (χ0) is 37.5. The SMILES string of the molecule is C(=Cc1ccc(N(c2ccccc2)c2ccccc2)c2ccccc12)c1ccc(C=Cc2ccc(N(c3ccccc3)c3ccccc3)c3ccccc23)cc1. The smallest absolute Gasteiger partial charge is 0.0540 e. The monoisotopic (exact) mass is 716 g/mol. The zero-order valence-electron chi connectivity index (χ0n) is 31.0. The maximum Gasteiger partial charge on any atom is 0.0540 e. The van der Waals surface area contributed by atoms with Crippen molar-refractivity contribution in [2.24, 2.45) is 0 Å². The molecular weight excluding hydrogens is 677 g/mol. The van der Waals surface area contributed by atoms with E-state index in [4.69, 9.17) is 0 Å². The summed E-state index contributed by atoms with van der Waals surface area (Å²) in [5.41, 5.74) is 11.5. The van der Waals surface area contributed by atoms with E-state index in [1.54, 1.807) is 0 Å². The molecule has 0 heterocycles. The molecule has 0 atom stereocenters. The van der Waals surface area contributed by atoms with Crippen LogP contribution in [0.25, 0.3) is 45.8 Å². The van der Waals surface area contributed by atoms with Crippen LogP contribution in [0.2, 0.25) is 0 Å². The maximum atomic E-state index is 2.34. The fourth-order valence-electron chi connectivity index (χ4n) is 7.55. The van der Waals surface area contributed by atoms with Gasteiger partial charge < -0.3 is 9.80 Å². The van der Waals surface area contributed by atoms with Gasteiger partial charge in [0.25, 0.3) is 0 Å². The molecule has 0 saturated carbocycles. The average molecular weight is 717 g/mol. The minimum absolute atomic E-state index is 1.13. The molecule has 0 N–H and O–H groups in total. The molecule has 9 aromatic rings. The van der Waals surface area contributed by atoms with Gasteiger partial charge in [-0.25, -0.2) is 0 Å². The van der Waals surface area contributed by atoms with Gasteiger partial charge in [-0.15, -0.1) is 0 Å². The lowest BCUT2D eigenvalue weighted by atomic mass is 9.99. The van der Waals surface area contributed by atoms with Gasteiger partial charge in [0.05, 0.1) is 11.4 Å². The largest absolute Gasteiger partial charge is 0.310 e. The van der Waals surface area contributed by atoms with Crippen molar-refractivity contribution >= 4 is 80.0 Å². The van der Waals surface area contributed by atoms with Crippen molar-refractivity contribution in [1.29, 1.82) is 0 Å². The number of rotatable bonds is 10. The maximum absolute atomic E-state index is 2.34. The quantitative estimate of drug-likeness (QED) is 0.130. The molecule has 0 amide bonds. The molecule has 0 aliphatic rings. The number of nitrogens with zero attached hydrogens (tertiary/aromatic N) is 2. The Kier molecular flexibility index (Phi) is 9.75. The van der Waals surface area contributed by atoms with Crippen LogP contribution in [0.1, 0.15) is 22.3 Å². The first-order valence-corrected chi connectivity index (χ1v) is 19.1. The summed E-state index contributed by atoms with van der Waals surface area (Å²) in [4.78, 5) is 4.67. The molecule has 0 aromatic heterocycles. The van der Waals surface area contributed by atoms with E-state index in [1.807, 2.05) is 0 Å². The Morgan fingerprint density at radius 1 is 0.232 bits per heavy atom. The normalized spacial score (nSPS) is 11.4. The summed E-state index contributed by atoms with van der Waals surface area (Å²) < 4.78 is 0. The van der Waals surface area contributed by atoms with Gasteiger partial charge in [-0.3, -0.25) is 0 Å². The Morgan fingerprint density at radius 2 is 0.518 bits per heavy atom. The van der Waals surface area contributed by atoms with Crippen molar-refractivity contribution in [2.75, 3.05) is 9.80 Å². The first kappa shape index (κ1) is 34.4. The Morgan fingerprint density at radius 3 is 0.839 bits per heavy atom. The predicted octanol–water partition coefficient (Wildman–Crippen LogP) is 15.3. The van der Waals surface area contributed by atoms with Crippen molar-refractivity contribution in [3.63, 3.8) is 0 Å². The fourth-order valence-corrected chi connectivity index (χ4v) is 7.55. The second-order valence-electron chi connectivity index (χ2n) is 13.8. The third-order valence-electron chi connectivity index (χ3n) is 10.3. The van der Waals surface area contributed by atoms with Gasteiger partial charge >= 0.3 is 0 Å². The third kappa shape index (κ3) is 7.12. The second kappa shape index (κ2) is 15.9. The number of benzene rings is 9. The van der Waals surface area contributed by atoms with E-state index in [2.05, 4.69) is 252 Å². The van der Waals surface area contributed by atoms with Gasteiger partial charge in [0.2, 0.25) is 0 Å². The van der Waals surface area contributed by atoms with Crippen LogP contribution in [0.4, 0.5) is 34.1 Å². The molecule has 0 fully saturated rings. The Hall–Kier alpha value is -7.42. The molecule has 9 aromatic carbocycles. The van der Waals surface area contributed by atoms with Crippen molar-refractivity contribution in [3.05, 3.63) is 241 Å². The van der Waals surface area contributed by atoms with Crippen LogP contribution in [0, 0.1) is 0 Å². The lowest BCUT2D eigenvalue weighted by Crippen LogP contribution is -2.10. The number of hydrogen-bond acceptors (Lipinski definition) is 2. The lowest BCUT2D eigenvalue weighted by molar-refractivity contribution is 1.30. The Labute approximate surface area is 329 Å². The second-order valence-corrected chi connectivity index (χ2v) is 13.8. The molecule has 0 aliphatic heterocycles. The highest BCUT2D eigenvalue weighted by Crippen LogP contribution is 2.41. The van der Waals surface area contributed by atoms with Crippen LogP contribution in [-0.2, 0) is 0 Å². The summed E-state index contributed by atoms with van der Waals surface area (Å²) in [6, 6.07) is 77.5. The summed E-state index contributed by atoms with van der Waals surface area (Å²) >= 11 is 0. The van der Waals surface area contributed by atoms with Gasteiger partial charge in [0.1, 0.15) is 0 Å². The molecule has 0 unspecified atom stereocenters. The van der Waals surface area contributed by atoms with Crippen molar-refractivity contribution in [1.82, 2.24) is 0 Å². The third-order valence-corrected chi connectivity index (χ3v) is 10.3. The summed E-state index contributed by atoms with van der Waals surface area (Å²) in [6.07, 6.45) is 8.87. The fraction of sp³-hybridized carbons (Fsp3) is 0. The van der Waals surface area contributed by atoms with Gasteiger partial charge in [-0.1, -0.05) is 182 Å². The van der Waals surface area contributed by atoms with Gasteiger partial charge in [-0.05, 0) is 93.7 Å². The van der Waals surface area contributed by atoms with E-state index in [9.17, 15) is 0 Å². The van der Waals surface area contributed by atoms with Gasteiger partial charge in [-0.2, -0.15) is 0 Å². The average Bonchev–Trinajstić information content (AvgIpc) is 3.28. The summed E-state index contributed by atoms with van der Waals surface area (Å²) in [6.45, 7) is 0. The van der Waals surface area contributed by atoms with Gasteiger partial charge in [0.15, 0.2) is 0 Å². The number of anilines is 6. The topological polar surface area (TPSA) is 6.48 Å². The predicted molar refractivity (Wildman–Crippen MR) is 242 cm³/mol. The summed E-state index contributed by atoms with van der Waals surface area (Å²) in [7, 11) is 0. The molecule has 0 aliphatic carbocycles. The van der Waals surface area contributed by atoms with Crippen LogP contribution in [0.5, 0.6) is 0 Å². The van der Waals surface area contributed by atoms with E-state index >= 15 is 0 Å². The number of fused-ring (bicyclic) bond motifs is 2. The van der Waals surface area contributed by atoms with E-state index in [0.29, 0.717) is 0 Å². The van der Waals surface area contributed by atoms with E-state index in [0.717, 1.165) is 45.3 Å². The van der Waals surface area contributed by atoms with E-state index in [1.165, 1.54) is 32.7 Å². The van der Waals surface area contributed by atoms with Crippen LogP contribution >= 0.6 is 0 Å². The summed E-state index contributed by atoms with van der Waals surface area (Å²) in [5.74, 6) is 0. The first-order chi connectivity index (χ1) is 27.8. The molecular formula is C54H40N2. The number of para-hydroxylation sites is 4. The highest BCUT2D eigenvalue weighted by atomic mass is 15.1. The summed E-state index contributed by atoms with van der Waals surface area (Å²) in [5, 5.41) is 4.84. The minimum Gasteiger partial charge on any atom is -0.310 e. The minimum atomic E-state index is 1.13. The van der Waals surface area contributed by atoms with Crippen LogP contribution in [0.3, 0.4) is 0 Å².